The number of pyridine rings is 1. The van der Waals surface area contributed by atoms with Crippen molar-refractivity contribution < 1.29 is 42.4 Å². The van der Waals surface area contributed by atoms with Crippen LogP contribution in [0.3, 0.4) is 0 Å². The average Bonchev–Trinajstić information content (AvgIpc) is 3.49. The number of carbonyl (C=O) groups is 1. The summed E-state index contributed by atoms with van der Waals surface area (Å²) >= 11 is 6.52. The van der Waals surface area contributed by atoms with Gasteiger partial charge in [0.1, 0.15) is 18.3 Å². The van der Waals surface area contributed by atoms with Crippen molar-refractivity contribution in [3.63, 3.8) is 0 Å². The van der Waals surface area contributed by atoms with Crippen molar-refractivity contribution in [3.8, 4) is 17.3 Å². The van der Waals surface area contributed by atoms with Crippen molar-refractivity contribution in [3.05, 3.63) is 35.4 Å². The molecule has 0 unspecified atom stereocenters. The first-order valence-electron chi connectivity index (χ1n) is 11.4. The number of H-pyrrole nitrogens is 1. The lowest BCUT2D eigenvalue weighted by molar-refractivity contribution is -0.192. The molecule has 0 aliphatic carbocycles. The Morgan fingerprint density at radius 2 is 1.81 bits per heavy atom. The minimum absolute atomic E-state index is 0.256. The molecule has 0 saturated carbocycles. The Morgan fingerprint density at radius 3 is 2.43 bits per heavy atom. The van der Waals surface area contributed by atoms with E-state index in [9.17, 15) is 18.3 Å². The van der Waals surface area contributed by atoms with Gasteiger partial charge in [-0.2, -0.15) is 18.2 Å². The highest BCUT2D eigenvalue weighted by Gasteiger charge is 2.48. The normalized spacial score (nSPS) is 24.8. The number of ether oxygens (including phenoxy) is 3. The molecule has 198 valence electrons. The fourth-order valence-corrected chi connectivity index (χ4v) is 4.51. The van der Waals surface area contributed by atoms with E-state index in [1.807, 2.05) is 18.2 Å². The molecule has 3 fully saturated rings. The average molecular weight is 543 g/mol. The van der Waals surface area contributed by atoms with Crippen molar-refractivity contribution in [2.24, 2.45) is 0 Å². The molecule has 3 aliphatic rings. The molecule has 6 rings (SSSR count). The minimum atomic E-state index is -5.08. The Balaban J connectivity index is 0.000000355. The molecule has 0 bridgehead atoms. The maximum Gasteiger partial charge on any atom is 0.490 e. The van der Waals surface area contributed by atoms with E-state index in [1.165, 1.54) is 12.1 Å². The molecule has 5 heterocycles. The number of aliphatic hydroxyl groups excluding tert-OH is 1. The third-order valence-electron chi connectivity index (χ3n) is 6.25. The van der Waals surface area contributed by atoms with Gasteiger partial charge in [-0.15, -0.1) is 0 Å². The zero-order valence-electron chi connectivity index (χ0n) is 19.1. The number of aromatic nitrogens is 3. The Morgan fingerprint density at radius 1 is 1.14 bits per heavy atom. The summed E-state index contributed by atoms with van der Waals surface area (Å²) in [6, 6.07) is 10.4. The van der Waals surface area contributed by atoms with Crippen molar-refractivity contribution >= 4 is 34.4 Å². The number of nitrogens with zero attached hydrogens (tertiary/aromatic N) is 3. The molecule has 1 aromatic carbocycles. The van der Waals surface area contributed by atoms with Crippen LogP contribution in [-0.2, 0) is 14.3 Å². The molecule has 0 spiro atoms. The lowest BCUT2D eigenvalue weighted by atomic mass is 10.1. The van der Waals surface area contributed by atoms with E-state index in [0.717, 1.165) is 18.7 Å². The van der Waals surface area contributed by atoms with Gasteiger partial charge in [0, 0.05) is 24.3 Å². The molecule has 14 heteroatoms. The predicted octanol–water partition coefficient (Wildman–Crippen LogP) is 3.03. The van der Waals surface area contributed by atoms with Gasteiger partial charge in [-0.1, -0.05) is 23.7 Å². The van der Waals surface area contributed by atoms with Crippen LogP contribution < -0.4 is 9.64 Å². The summed E-state index contributed by atoms with van der Waals surface area (Å²) in [4.78, 5) is 23.5. The number of hydrogen-bond donors (Lipinski definition) is 3. The number of fused-ring (bicyclic) bond motifs is 2. The van der Waals surface area contributed by atoms with Crippen LogP contribution >= 0.6 is 11.6 Å². The number of carboxylic acid groups (broad SMARTS) is 1. The number of hydrogen-bond acceptors (Lipinski definition) is 8. The molecule has 0 amide bonds. The first kappa shape index (κ1) is 25.5. The van der Waals surface area contributed by atoms with Gasteiger partial charge < -0.3 is 34.3 Å². The number of rotatable bonds is 4. The quantitative estimate of drug-likeness (QED) is 0.455. The summed E-state index contributed by atoms with van der Waals surface area (Å²) in [5.41, 5.74) is 4.06. The zero-order chi connectivity index (χ0) is 26.3. The molecule has 4 atom stereocenters. The van der Waals surface area contributed by atoms with Crippen molar-refractivity contribution in [1.29, 1.82) is 0 Å². The van der Waals surface area contributed by atoms with Gasteiger partial charge in [0.15, 0.2) is 11.8 Å². The molecular formula is C23H22ClF3N4O6. The van der Waals surface area contributed by atoms with E-state index in [-0.39, 0.29) is 24.9 Å². The summed E-state index contributed by atoms with van der Waals surface area (Å²) in [7, 11) is 0. The summed E-state index contributed by atoms with van der Waals surface area (Å²) in [5.74, 6) is -2.76. The monoisotopic (exact) mass is 542 g/mol. The highest BCUT2D eigenvalue weighted by atomic mass is 35.5. The first-order valence-corrected chi connectivity index (χ1v) is 11.8. The van der Waals surface area contributed by atoms with Crippen LogP contribution in [0.2, 0.25) is 5.02 Å². The highest BCUT2D eigenvalue weighted by Crippen LogP contribution is 2.33. The maximum atomic E-state index is 10.6. The lowest BCUT2D eigenvalue weighted by Gasteiger charge is -2.33. The van der Waals surface area contributed by atoms with E-state index in [4.69, 9.17) is 35.7 Å². The van der Waals surface area contributed by atoms with E-state index >= 15 is 0 Å². The SMILES string of the molecule is O=C(O)C(F)(F)F.O[C@@H]1CO[C@H]2[C@@H]1OC[C@H]2Oc1nc2nc(-c3ccc(N4CCC4)cc3)c(Cl)cc2[nH]1. The third kappa shape index (κ3) is 5.30. The van der Waals surface area contributed by atoms with Gasteiger partial charge in [-0.3, -0.25) is 0 Å². The summed E-state index contributed by atoms with van der Waals surface area (Å²) < 4.78 is 48.9. The Hall–Kier alpha value is -3.13. The Bertz CT molecular complexity index is 1280. The van der Waals surface area contributed by atoms with Crippen LogP contribution in [-0.4, -0.2) is 88.0 Å². The largest absolute Gasteiger partial charge is 0.490 e. The van der Waals surface area contributed by atoms with Crippen LogP contribution in [0.25, 0.3) is 22.4 Å². The zero-order valence-corrected chi connectivity index (χ0v) is 19.9. The summed E-state index contributed by atoms with van der Waals surface area (Å²) in [5, 5.41) is 17.5. The van der Waals surface area contributed by atoms with E-state index in [0.29, 0.717) is 34.5 Å². The van der Waals surface area contributed by atoms with Gasteiger partial charge in [0.25, 0.3) is 6.01 Å². The van der Waals surface area contributed by atoms with Crippen molar-refractivity contribution in [2.75, 3.05) is 31.2 Å². The van der Waals surface area contributed by atoms with E-state index in [2.05, 4.69) is 32.0 Å². The molecule has 3 aromatic rings. The standard InChI is InChI=1S/C21H21ClN4O4.C2HF3O2/c22-13-8-14-20(24-17(13)11-2-4-12(5-3-11)26-6-1-7-26)25-21(23-14)30-16-10-29-18-15(27)9-28-19(16)18;3-2(4,5)1(6)7/h2-5,8,15-16,18-19,27H,1,6-7,9-10H2,(H,23,24,25);(H,6,7)/t15-,16-,18-,19-;/m1./s1. The van der Waals surface area contributed by atoms with E-state index < -0.39 is 18.2 Å². The Kier molecular flexibility index (Phi) is 6.88. The van der Waals surface area contributed by atoms with Crippen LogP contribution in [0.4, 0.5) is 18.9 Å². The summed E-state index contributed by atoms with van der Waals surface area (Å²) in [6.07, 6.45) is -5.44. The first-order chi connectivity index (χ1) is 17.6. The second-order valence-electron chi connectivity index (χ2n) is 8.74. The van der Waals surface area contributed by atoms with Crippen molar-refractivity contribution in [1.82, 2.24) is 15.0 Å². The minimum Gasteiger partial charge on any atom is -0.475 e. The highest BCUT2D eigenvalue weighted by molar-refractivity contribution is 6.33. The molecule has 2 aromatic heterocycles. The number of carboxylic acids is 1. The number of aliphatic carboxylic acids is 1. The van der Waals surface area contributed by atoms with Crippen LogP contribution in [0.5, 0.6) is 6.01 Å². The van der Waals surface area contributed by atoms with Crippen LogP contribution in [0, 0.1) is 0 Å². The number of halogens is 4. The van der Waals surface area contributed by atoms with Gasteiger partial charge in [0.05, 0.1) is 29.4 Å². The maximum absolute atomic E-state index is 10.6. The van der Waals surface area contributed by atoms with Gasteiger partial charge in [-0.25, -0.2) is 9.78 Å². The molecule has 3 N–H and O–H groups in total. The third-order valence-corrected chi connectivity index (χ3v) is 6.54. The second-order valence-corrected chi connectivity index (χ2v) is 9.15. The number of anilines is 1. The van der Waals surface area contributed by atoms with Gasteiger partial charge in [-0.05, 0) is 24.6 Å². The molecule has 3 aliphatic heterocycles. The lowest BCUT2D eigenvalue weighted by Crippen LogP contribution is -2.36. The number of aromatic amines is 1. The van der Waals surface area contributed by atoms with Crippen LogP contribution in [0.1, 0.15) is 6.42 Å². The molecule has 3 saturated heterocycles. The van der Waals surface area contributed by atoms with Gasteiger partial charge in [0.2, 0.25) is 0 Å². The molecule has 10 nitrogen and oxygen atoms in total. The fraction of sp³-hybridized carbons (Fsp3) is 0.435. The number of benzene rings is 1. The number of nitrogens with one attached hydrogen (secondary N) is 1. The fourth-order valence-electron chi connectivity index (χ4n) is 4.25. The second kappa shape index (κ2) is 9.97. The number of aliphatic hydroxyl groups is 1. The molecule has 0 radical (unpaired) electrons. The molecular weight excluding hydrogens is 521 g/mol. The smallest absolute Gasteiger partial charge is 0.475 e. The van der Waals surface area contributed by atoms with Gasteiger partial charge >= 0.3 is 12.1 Å². The number of alkyl halides is 3. The topological polar surface area (TPSA) is 130 Å². The molecule has 37 heavy (non-hydrogen) atoms. The van der Waals surface area contributed by atoms with E-state index in [1.54, 1.807) is 0 Å². The number of imidazole rings is 1. The predicted molar refractivity (Wildman–Crippen MR) is 125 cm³/mol. The van der Waals surface area contributed by atoms with Crippen molar-refractivity contribution in [2.45, 2.75) is 37.0 Å². The Labute approximate surface area is 212 Å². The summed E-state index contributed by atoms with van der Waals surface area (Å²) in [6.45, 7) is 2.81. The van der Waals surface area contributed by atoms with Crippen LogP contribution in [0.15, 0.2) is 30.3 Å².